The van der Waals surface area contributed by atoms with Crippen molar-refractivity contribution in [2.45, 2.75) is 37.6 Å². The van der Waals surface area contributed by atoms with E-state index in [0.29, 0.717) is 10.6 Å². The highest BCUT2D eigenvalue weighted by Gasteiger charge is 2.37. The molecule has 0 spiro atoms. The Kier molecular flexibility index (Phi) is 4.94. The Morgan fingerprint density at radius 3 is 2.35 bits per heavy atom. The van der Waals surface area contributed by atoms with Gasteiger partial charge >= 0.3 is 6.18 Å². The van der Waals surface area contributed by atoms with Crippen LogP contribution in [0.1, 0.15) is 30.9 Å². The molecule has 1 unspecified atom stereocenters. The molecule has 1 aliphatic rings. The van der Waals surface area contributed by atoms with Crippen molar-refractivity contribution < 1.29 is 18.3 Å². The standard InChI is InChI=1S/C14H17ClF3NO/c15-11-3-1-10(2-4-11)13(20)7-8-19(12-5-6-12)9-14(16,17)18/h1-4,12-13,20H,5-9H2. The predicted molar refractivity (Wildman–Crippen MR) is 71.7 cm³/mol. The SMILES string of the molecule is OC(CCN(CC(F)(F)F)C1CC1)c1ccc(Cl)cc1. The van der Waals surface area contributed by atoms with Crippen LogP contribution in [-0.4, -0.2) is 35.3 Å². The molecule has 1 aliphatic carbocycles. The smallest absolute Gasteiger partial charge is 0.388 e. The summed E-state index contributed by atoms with van der Waals surface area (Å²) in [6.45, 7) is -0.654. The number of benzene rings is 1. The normalized spacial score (nSPS) is 17.5. The molecule has 20 heavy (non-hydrogen) atoms. The van der Waals surface area contributed by atoms with Crippen molar-refractivity contribution >= 4 is 11.6 Å². The van der Waals surface area contributed by atoms with E-state index in [1.807, 2.05) is 0 Å². The largest absolute Gasteiger partial charge is 0.401 e. The lowest BCUT2D eigenvalue weighted by atomic mass is 10.1. The van der Waals surface area contributed by atoms with Crippen LogP contribution in [0.3, 0.4) is 0 Å². The summed E-state index contributed by atoms with van der Waals surface area (Å²) in [5, 5.41) is 10.6. The number of aliphatic hydroxyl groups excluding tert-OH is 1. The van der Waals surface area contributed by atoms with E-state index in [9.17, 15) is 18.3 Å². The van der Waals surface area contributed by atoms with Gasteiger partial charge in [0.15, 0.2) is 0 Å². The molecule has 1 N–H and O–H groups in total. The van der Waals surface area contributed by atoms with Crippen molar-refractivity contribution in [2.24, 2.45) is 0 Å². The van der Waals surface area contributed by atoms with Crippen LogP contribution in [0.5, 0.6) is 0 Å². The topological polar surface area (TPSA) is 23.5 Å². The summed E-state index contributed by atoms with van der Waals surface area (Å²) in [6, 6.07) is 6.73. The zero-order valence-corrected chi connectivity index (χ0v) is 11.7. The van der Waals surface area contributed by atoms with Gasteiger partial charge in [-0.05, 0) is 37.0 Å². The lowest BCUT2D eigenvalue weighted by Crippen LogP contribution is -2.37. The average Bonchev–Trinajstić information content (AvgIpc) is 3.17. The molecule has 6 heteroatoms. The fraction of sp³-hybridized carbons (Fsp3) is 0.571. The van der Waals surface area contributed by atoms with Crippen LogP contribution < -0.4 is 0 Å². The van der Waals surface area contributed by atoms with E-state index in [1.165, 1.54) is 4.90 Å². The van der Waals surface area contributed by atoms with Gasteiger partial charge < -0.3 is 5.11 Å². The summed E-state index contributed by atoms with van der Waals surface area (Å²) >= 11 is 5.75. The second kappa shape index (κ2) is 6.33. The first-order valence-electron chi connectivity index (χ1n) is 6.59. The van der Waals surface area contributed by atoms with Crippen LogP contribution >= 0.6 is 11.6 Å². The molecule has 1 aromatic rings. The summed E-state index contributed by atoms with van der Waals surface area (Å²) in [4.78, 5) is 1.42. The third kappa shape index (κ3) is 4.96. The van der Waals surface area contributed by atoms with Gasteiger partial charge in [0.05, 0.1) is 12.6 Å². The maximum atomic E-state index is 12.5. The van der Waals surface area contributed by atoms with E-state index in [4.69, 9.17) is 11.6 Å². The molecule has 1 fully saturated rings. The lowest BCUT2D eigenvalue weighted by Gasteiger charge is -2.24. The van der Waals surface area contributed by atoms with Gasteiger partial charge in [-0.1, -0.05) is 23.7 Å². The Bertz CT molecular complexity index is 431. The molecule has 2 nitrogen and oxygen atoms in total. The van der Waals surface area contributed by atoms with Crippen molar-refractivity contribution in [3.05, 3.63) is 34.9 Å². The van der Waals surface area contributed by atoms with Crippen LogP contribution in [-0.2, 0) is 0 Å². The van der Waals surface area contributed by atoms with E-state index >= 15 is 0 Å². The highest BCUT2D eigenvalue weighted by Crippen LogP contribution is 2.31. The third-order valence-electron chi connectivity index (χ3n) is 3.39. The molecule has 112 valence electrons. The molecule has 0 aromatic heterocycles. The summed E-state index contributed by atoms with van der Waals surface area (Å²) in [7, 11) is 0. The summed E-state index contributed by atoms with van der Waals surface area (Å²) in [6.07, 6.45) is -3.04. The van der Waals surface area contributed by atoms with Gasteiger partial charge in [-0.15, -0.1) is 0 Å². The zero-order chi connectivity index (χ0) is 14.8. The number of alkyl halides is 3. The van der Waals surface area contributed by atoms with Crippen molar-refractivity contribution in [1.29, 1.82) is 0 Å². The molecule has 1 aromatic carbocycles. The number of hydrogen-bond donors (Lipinski definition) is 1. The first-order valence-corrected chi connectivity index (χ1v) is 6.97. The molecule has 0 saturated heterocycles. The number of hydrogen-bond acceptors (Lipinski definition) is 2. The van der Waals surface area contributed by atoms with Crippen LogP contribution in [0, 0.1) is 0 Å². The van der Waals surface area contributed by atoms with Gasteiger partial charge in [0, 0.05) is 17.6 Å². The molecule has 0 bridgehead atoms. The van der Waals surface area contributed by atoms with E-state index in [1.54, 1.807) is 24.3 Å². The maximum absolute atomic E-state index is 12.5. The monoisotopic (exact) mass is 307 g/mol. The highest BCUT2D eigenvalue weighted by atomic mass is 35.5. The minimum absolute atomic E-state index is 0.0223. The Morgan fingerprint density at radius 1 is 1.25 bits per heavy atom. The summed E-state index contributed by atoms with van der Waals surface area (Å²) in [5.41, 5.74) is 0.678. The number of rotatable bonds is 6. The molecular formula is C14H17ClF3NO. The Hall–Kier alpha value is -0.780. The molecule has 0 amide bonds. The van der Waals surface area contributed by atoms with Crippen molar-refractivity contribution in [3.8, 4) is 0 Å². The molecule has 1 atom stereocenters. The molecule has 0 radical (unpaired) electrons. The van der Waals surface area contributed by atoms with E-state index in [-0.39, 0.29) is 19.0 Å². The zero-order valence-electron chi connectivity index (χ0n) is 10.9. The van der Waals surface area contributed by atoms with Gasteiger partial charge in [-0.25, -0.2) is 0 Å². The van der Waals surface area contributed by atoms with E-state index < -0.39 is 18.8 Å². The van der Waals surface area contributed by atoms with Gasteiger partial charge in [-0.2, -0.15) is 13.2 Å². The lowest BCUT2D eigenvalue weighted by molar-refractivity contribution is -0.147. The third-order valence-corrected chi connectivity index (χ3v) is 3.64. The number of halogens is 4. The summed E-state index contributed by atoms with van der Waals surface area (Å²) in [5.74, 6) is 0. The van der Waals surface area contributed by atoms with Crippen LogP contribution in [0.25, 0.3) is 0 Å². The van der Waals surface area contributed by atoms with Crippen molar-refractivity contribution in [1.82, 2.24) is 4.90 Å². The van der Waals surface area contributed by atoms with E-state index in [2.05, 4.69) is 0 Å². The van der Waals surface area contributed by atoms with E-state index in [0.717, 1.165) is 12.8 Å². The van der Waals surface area contributed by atoms with Gasteiger partial charge in [-0.3, -0.25) is 4.90 Å². The van der Waals surface area contributed by atoms with Crippen LogP contribution in [0.2, 0.25) is 5.02 Å². The van der Waals surface area contributed by atoms with Gasteiger partial charge in [0.25, 0.3) is 0 Å². The van der Waals surface area contributed by atoms with Gasteiger partial charge in [0.1, 0.15) is 0 Å². The van der Waals surface area contributed by atoms with Gasteiger partial charge in [0.2, 0.25) is 0 Å². The fourth-order valence-electron chi connectivity index (χ4n) is 2.20. The van der Waals surface area contributed by atoms with Crippen molar-refractivity contribution in [3.63, 3.8) is 0 Å². The first-order chi connectivity index (χ1) is 9.35. The number of aliphatic hydroxyl groups is 1. The Balaban J connectivity index is 1.87. The minimum Gasteiger partial charge on any atom is -0.388 e. The second-order valence-electron chi connectivity index (χ2n) is 5.17. The van der Waals surface area contributed by atoms with Crippen LogP contribution in [0.15, 0.2) is 24.3 Å². The minimum atomic E-state index is -4.19. The highest BCUT2D eigenvalue weighted by molar-refractivity contribution is 6.30. The molecular weight excluding hydrogens is 291 g/mol. The maximum Gasteiger partial charge on any atom is 0.401 e. The first kappa shape index (κ1) is 15.6. The molecule has 1 saturated carbocycles. The van der Waals surface area contributed by atoms with Crippen LogP contribution in [0.4, 0.5) is 13.2 Å². The predicted octanol–water partition coefficient (Wildman–Crippen LogP) is 3.79. The quantitative estimate of drug-likeness (QED) is 0.864. The number of nitrogens with zero attached hydrogens (tertiary/aromatic N) is 1. The molecule has 0 heterocycles. The molecule has 2 rings (SSSR count). The average molecular weight is 308 g/mol. The van der Waals surface area contributed by atoms with Crippen molar-refractivity contribution in [2.75, 3.05) is 13.1 Å². The Labute approximate surface area is 121 Å². The molecule has 0 aliphatic heterocycles. The summed E-state index contributed by atoms with van der Waals surface area (Å²) < 4.78 is 37.4. The fourth-order valence-corrected chi connectivity index (χ4v) is 2.33. The Morgan fingerprint density at radius 2 is 1.85 bits per heavy atom. The second-order valence-corrected chi connectivity index (χ2v) is 5.61.